The van der Waals surface area contributed by atoms with Crippen molar-refractivity contribution in [3.8, 4) is 0 Å². The van der Waals surface area contributed by atoms with Crippen molar-refractivity contribution < 1.29 is 25.9 Å². The van der Waals surface area contributed by atoms with E-state index in [1.165, 1.54) is 0 Å². The minimum Gasteiger partial charge on any atom is -0.282 e. The maximum Gasteiger partial charge on any atom is 0.295 e. The molecule has 0 heterocycles. The number of hydrogen-bond acceptors (Lipinski definition) is 4. The Morgan fingerprint density at radius 1 is 1.13 bits per heavy atom. The molecule has 8 heteroatoms. The van der Waals surface area contributed by atoms with Gasteiger partial charge in [0.2, 0.25) is 0 Å². The van der Waals surface area contributed by atoms with Crippen LogP contribution < -0.4 is 0 Å². The quantitative estimate of drug-likeness (QED) is 0.697. The molecule has 0 saturated carbocycles. The van der Waals surface area contributed by atoms with Crippen LogP contribution in [0, 0.1) is 5.92 Å². The van der Waals surface area contributed by atoms with E-state index in [0.29, 0.717) is 0 Å². The van der Waals surface area contributed by atoms with Crippen molar-refractivity contribution in [2.45, 2.75) is 13.3 Å². The van der Waals surface area contributed by atoms with Crippen LogP contribution in [-0.2, 0) is 20.2 Å². The lowest BCUT2D eigenvalue weighted by Crippen LogP contribution is -2.16. The Morgan fingerprint density at radius 3 is 2.00 bits per heavy atom. The molecule has 0 fully saturated rings. The van der Waals surface area contributed by atoms with E-state index in [9.17, 15) is 16.8 Å². The smallest absolute Gasteiger partial charge is 0.282 e. The van der Waals surface area contributed by atoms with E-state index in [0.717, 1.165) is 12.2 Å². The minimum absolute atomic E-state index is 0.215. The molecule has 1 rings (SSSR count). The van der Waals surface area contributed by atoms with Gasteiger partial charge in [0.15, 0.2) is 0 Å². The molecule has 15 heavy (non-hydrogen) atoms. The Kier molecular flexibility index (Phi) is 3.06. The van der Waals surface area contributed by atoms with Crippen molar-refractivity contribution in [2.75, 3.05) is 0 Å². The van der Waals surface area contributed by atoms with Crippen LogP contribution in [0.5, 0.6) is 0 Å². The summed E-state index contributed by atoms with van der Waals surface area (Å²) in [5, 5.41) is 0. The second-order valence-electron chi connectivity index (χ2n) is 3.26. The van der Waals surface area contributed by atoms with Crippen LogP contribution >= 0.6 is 0 Å². The SMILES string of the molecule is CC1C=C(S(=O)(=O)O)C(S(=O)(=O)O)=CC1. The summed E-state index contributed by atoms with van der Waals surface area (Å²) in [6.45, 7) is 1.66. The van der Waals surface area contributed by atoms with Crippen molar-refractivity contribution in [3.63, 3.8) is 0 Å². The second-order valence-corrected chi connectivity index (χ2v) is 6.04. The zero-order chi connectivity index (χ0) is 11.9. The van der Waals surface area contributed by atoms with Gasteiger partial charge in [-0.1, -0.05) is 19.1 Å². The number of allylic oxidation sites excluding steroid dienone is 2. The zero-order valence-electron chi connectivity index (χ0n) is 7.78. The molecular weight excluding hydrogens is 244 g/mol. The highest BCUT2D eigenvalue weighted by Gasteiger charge is 2.30. The molecule has 0 aromatic rings. The summed E-state index contributed by atoms with van der Waals surface area (Å²) in [5.41, 5.74) is 0. The van der Waals surface area contributed by atoms with Crippen LogP contribution in [-0.4, -0.2) is 25.9 Å². The Morgan fingerprint density at radius 2 is 1.60 bits per heavy atom. The van der Waals surface area contributed by atoms with Gasteiger partial charge in [0.1, 0.15) is 9.81 Å². The first-order valence-electron chi connectivity index (χ1n) is 3.99. The molecule has 2 N–H and O–H groups in total. The second kappa shape index (κ2) is 3.71. The molecule has 0 aromatic heterocycles. The third kappa shape index (κ3) is 2.88. The summed E-state index contributed by atoms with van der Waals surface area (Å²) in [4.78, 5) is -1.52. The average molecular weight is 254 g/mol. The maximum absolute atomic E-state index is 10.9. The van der Waals surface area contributed by atoms with E-state index >= 15 is 0 Å². The van der Waals surface area contributed by atoms with Crippen LogP contribution in [0.15, 0.2) is 22.0 Å². The lowest BCUT2D eigenvalue weighted by Gasteiger charge is -2.15. The summed E-state index contributed by atoms with van der Waals surface area (Å²) in [5.74, 6) is -0.215. The van der Waals surface area contributed by atoms with Crippen molar-refractivity contribution in [1.29, 1.82) is 0 Å². The van der Waals surface area contributed by atoms with Gasteiger partial charge >= 0.3 is 0 Å². The Hall–Kier alpha value is -0.700. The van der Waals surface area contributed by atoms with E-state index in [-0.39, 0.29) is 12.3 Å². The van der Waals surface area contributed by atoms with Crippen molar-refractivity contribution >= 4 is 20.2 Å². The van der Waals surface area contributed by atoms with E-state index < -0.39 is 30.0 Å². The van der Waals surface area contributed by atoms with Gasteiger partial charge in [0.25, 0.3) is 20.2 Å². The van der Waals surface area contributed by atoms with Gasteiger partial charge in [0.05, 0.1) is 0 Å². The average Bonchev–Trinajstić information content (AvgIpc) is 2.00. The normalized spacial score (nSPS) is 23.3. The van der Waals surface area contributed by atoms with E-state index in [1.54, 1.807) is 6.92 Å². The molecule has 0 spiro atoms. The fourth-order valence-corrected chi connectivity index (χ4v) is 3.25. The first-order chi connectivity index (χ1) is 6.62. The summed E-state index contributed by atoms with van der Waals surface area (Å²) in [7, 11) is -9.27. The minimum atomic E-state index is -4.64. The van der Waals surface area contributed by atoms with E-state index in [2.05, 4.69) is 0 Å². The van der Waals surface area contributed by atoms with E-state index in [4.69, 9.17) is 9.11 Å². The number of hydrogen-bond donors (Lipinski definition) is 2. The van der Waals surface area contributed by atoms with Gasteiger partial charge in [-0.25, -0.2) is 0 Å². The lowest BCUT2D eigenvalue weighted by molar-refractivity contribution is 0.481. The molecule has 0 amide bonds. The molecular formula is C7H10O6S2. The molecule has 1 aliphatic carbocycles. The fourth-order valence-electron chi connectivity index (χ4n) is 1.25. The van der Waals surface area contributed by atoms with Crippen LogP contribution in [0.3, 0.4) is 0 Å². The monoisotopic (exact) mass is 254 g/mol. The standard InChI is InChI=1S/C7H10O6S2/c1-5-2-3-6(14(8,9)10)7(4-5)15(11,12)13/h3-5H,2H2,1H3,(H,8,9,10)(H,11,12,13). The topological polar surface area (TPSA) is 109 Å². The van der Waals surface area contributed by atoms with Crippen LogP contribution in [0.1, 0.15) is 13.3 Å². The molecule has 1 unspecified atom stereocenters. The highest BCUT2D eigenvalue weighted by atomic mass is 32.2. The highest BCUT2D eigenvalue weighted by Crippen LogP contribution is 2.29. The van der Waals surface area contributed by atoms with Crippen LogP contribution in [0.2, 0.25) is 0 Å². The first-order valence-corrected chi connectivity index (χ1v) is 6.87. The molecule has 0 aliphatic heterocycles. The summed E-state index contributed by atoms with van der Waals surface area (Å²) < 4.78 is 60.9. The van der Waals surface area contributed by atoms with Crippen molar-refractivity contribution in [2.24, 2.45) is 5.92 Å². The number of rotatable bonds is 2. The summed E-state index contributed by atoms with van der Waals surface area (Å²) in [6.07, 6.45) is 2.45. The van der Waals surface area contributed by atoms with Crippen molar-refractivity contribution in [1.82, 2.24) is 0 Å². The van der Waals surface area contributed by atoms with Gasteiger partial charge in [-0.05, 0) is 12.3 Å². The zero-order valence-corrected chi connectivity index (χ0v) is 9.42. The Balaban J connectivity index is 3.38. The van der Waals surface area contributed by atoms with Crippen molar-refractivity contribution in [3.05, 3.63) is 22.0 Å². The van der Waals surface area contributed by atoms with Gasteiger partial charge in [0, 0.05) is 0 Å². The van der Waals surface area contributed by atoms with Gasteiger partial charge in [-0.2, -0.15) is 16.8 Å². The molecule has 86 valence electrons. The molecule has 6 nitrogen and oxygen atoms in total. The highest BCUT2D eigenvalue weighted by molar-refractivity contribution is 7.95. The Labute approximate surface area is 87.8 Å². The molecule has 0 bridgehead atoms. The van der Waals surface area contributed by atoms with Crippen LogP contribution in [0.4, 0.5) is 0 Å². The summed E-state index contributed by atoms with van der Waals surface area (Å²) in [6, 6.07) is 0. The van der Waals surface area contributed by atoms with Gasteiger partial charge in [-0.15, -0.1) is 0 Å². The summed E-state index contributed by atoms with van der Waals surface area (Å²) >= 11 is 0. The predicted octanol–water partition coefficient (Wildman–Crippen LogP) is 0.570. The van der Waals surface area contributed by atoms with E-state index in [1.807, 2.05) is 0 Å². The van der Waals surface area contributed by atoms with Crippen LogP contribution in [0.25, 0.3) is 0 Å². The first kappa shape index (κ1) is 12.4. The Bertz CT molecular complexity index is 522. The van der Waals surface area contributed by atoms with Gasteiger partial charge in [-0.3, -0.25) is 9.11 Å². The maximum atomic E-state index is 10.9. The molecule has 1 atom stereocenters. The third-order valence-electron chi connectivity index (χ3n) is 1.91. The third-order valence-corrected chi connectivity index (χ3v) is 3.89. The fraction of sp³-hybridized carbons (Fsp3) is 0.429. The lowest BCUT2D eigenvalue weighted by atomic mass is 10.0. The largest absolute Gasteiger partial charge is 0.295 e. The predicted molar refractivity (Wildman–Crippen MR) is 53.0 cm³/mol. The molecule has 0 radical (unpaired) electrons. The molecule has 0 aromatic carbocycles. The molecule has 0 saturated heterocycles. The molecule has 1 aliphatic rings. The van der Waals surface area contributed by atoms with Gasteiger partial charge < -0.3 is 0 Å².